The minimum Gasteiger partial charge on any atom is -0.464 e. The topological polar surface area (TPSA) is 94.3 Å². The predicted molar refractivity (Wildman–Crippen MR) is 106 cm³/mol. The number of nitrogens with zero attached hydrogens (tertiary/aromatic N) is 1. The Morgan fingerprint density at radius 2 is 2.03 bits per heavy atom. The van der Waals surface area contributed by atoms with Gasteiger partial charge in [0, 0.05) is 36.7 Å². The number of alkyl halides is 2. The first-order valence-corrected chi connectivity index (χ1v) is 9.80. The molecular weight excluding hydrogens is 404 g/mol. The third-order valence-electron chi connectivity index (χ3n) is 5.89. The molecule has 0 saturated heterocycles. The lowest BCUT2D eigenvalue weighted by Crippen LogP contribution is -2.46. The van der Waals surface area contributed by atoms with E-state index in [9.17, 15) is 18.4 Å². The first-order chi connectivity index (χ1) is 13.3. The number of ether oxygens (including phenoxy) is 1. The summed E-state index contributed by atoms with van der Waals surface area (Å²) >= 11 is 0. The molecule has 29 heavy (non-hydrogen) atoms. The molecule has 0 aliphatic heterocycles. The Hall–Kier alpha value is -1.80. The molecular formula is C20H28ClF2N3O3. The number of nitrogens with two attached hydrogens (primary N) is 1. The third-order valence-corrected chi connectivity index (χ3v) is 5.89. The molecule has 1 unspecified atom stereocenters. The first kappa shape index (κ1) is 23.5. The summed E-state index contributed by atoms with van der Waals surface area (Å²) in [5.41, 5.74) is 6.97. The Balaban J connectivity index is 0.00000300. The average molecular weight is 432 g/mol. The van der Waals surface area contributed by atoms with Crippen LogP contribution in [0.15, 0.2) is 18.3 Å². The number of hydrogen-bond donors (Lipinski definition) is 2. The maximum absolute atomic E-state index is 13.1. The van der Waals surface area contributed by atoms with E-state index in [4.69, 9.17) is 10.5 Å². The summed E-state index contributed by atoms with van der Waals surface area (Å²) in [4.78, 5) is 29.1. The second-order valence-electron chi connectivity index (χ2n) is 7.91. The molecule has 9 heteroatoms. The van der Waals surface area contributed by atoms with E-state index in [0.29, 0.717) is 12.1 Å². The van der Waals surface area contributed by atoms with Gasteiger partial charge in [0.05, 0.1) is 12.2 Å². The summed E-state index contributed by atoms with van der Waals surface area (Å²) < 4.78 is 31.2. The quantitative estimate of drug-likeness (QED) is 0.617. The Morgan fingerprint density at radius 3 is 2.48 bits per heavy atom. The molecule has 0 bridgehead atoms. The Labute approximate surface area is 175 Å². The van der Waals surface area contributed by atoms with E-state index in [-0.39, 0.29) is 49.6 Å². The normalized spacial score (nSPS) is 20.4. The van der Waals surface area contributed by atoms with Gasteiger partial charge < -0.3 is 15.8 Å². The molecule has 2 saturated carbocycles. The highest BCUT2D eigenvalue weighted by molar-refractivity contribution is 5.96. The lowest BCUT2D eigenvalue weighted by Gasteiger charge is -2.40. The van der Waals surface area contributed by atoms with Gasteiger partial charge in [-0.05, 0) is 44.2 Å². The number of amides is 1. The van der Waals surface area contributed by atoms with E-state index < -0.39 is 23.8 Å². The van der Waals surface area contributed by atoms with Crippen molar-refractivity contribution in [2.45, 2.75) is 62.8 Å². The minimum atomic E-state index is -2.67. The van der Waals surface area contributed by atoms with Gasteiger partial charge in [0.1, 0.15) is 6.04 Å². The van der Waals surface area contributed by atoms with Gasteiger partial charge in [-0.3, -0.25) is 9.78 Å². The van der Waals surface area contributed by atoms with Crippen molar-refractivity contribution in [3.63, 3.8) is 0 Å². The summed E-state index contributed by atoms with van der Waals surface area (Å²) in [5.74, 6) is -4.06. The molecule has 1 aromatic heterocycles. The number of halogens is 3. The van der Waals surface area contributed by atoms with Crippen molar-refractivity contribution < 1.29 is 23.1 Å². The molecule has 1 aromatic rings. The van der Waals surface area contributed by atoms with Gasteiger partial charge in [-0.2, -0.15) is 0 Å². The van der Waals surface area contributed by atoms with Crippen molar-refractivity contribution in [2.75, 3.05) is 13.2 Å². The van der Waals surface area contributed by atoms with Crippen LogP contribution in [0, 0.1) is 5.92 Å². The molecule has 3 rings (SSSR count). The summed E-state index contributed by atoms with van der Waals surface area (Å²) in [6.07, 6.45) is 4.16. The Kier molecular flexibility index (Phi) is 7.56. The maximum Gasteiger partial charge on any atom is 0.328 e. The Bertz CT molecular complexity index is 713. The van der Waals surface area contributed by atoms with Crippen LogP contribution in [-0.4, -0.2) is 42.0 Å². The molecule has 0 spiro atoms. The Morgan fingerprint density at radius 1 is 1.34 bits per heavy atom. The third kappa shape index (κ3) is 5.22. The zero-order valence-corrected chi connectivity index (χ0v) is 17.3. The van der Waals surface area contributed by atoms with Crippen molar-refractivity contribution in [3.05, 3.63) is 29.6 Å². The first-order valence-electron chi connectivity index (χ1n) is 9.80. The maximum atomic E-state index is 13.1. The van der Waals surface area contributed by atoms with Crippen molar-refractivity contribution >= 4 is 24.3 Å². The number of hydrogen-bond acceptors (Lipinski definition) is 5. The van der Waals surface area contributed by atoms with E-state index in [1.807, 2.05) is 0 Å². The van der Waals surface area contributed by atoms with Gasteiger partial charge in [0.15, 0.2) is 0 Å². The fraction of sp³-hybridized carbons (Fsp3) is 0.650. The van der Waals surface area contributed by atoms with Crippen LogP contribution in [0.2, 0.25) is 0 Å². The van der Waals surface area contributed by atoms with E-state index in [2.05, 4.69) is 10.3 Å². The van der Waals surface area contributed by atoms with Gasteiger partial charge >= 0.3 is 5.97 Å². The van der Waals surface area contributed by atoms with Gasteiger partial charge in [-0.1, -0.05) is 6.42 Å². The van der Waals surface area contributed by atoms with Crippen LogP contribution in [0.4, 0.5) is 8.78 Å². The van der Waals surface area contributed by atoms with Crippen LogP contribution >= 0.6 is 12.4 Å². The summed E-state index contributed by atoms with van der Waals surface area (Å²) in [5, 5.41) is 2.62. The molecule has 1 amide bonds. The van der Waals surface area contributed by atoms with Gasteiger partial charge in [0.25, 0.3) is 5.91 Å². The molecule has 1 heterocycles. The molecule has 2 fully saturated rings. The van der Waals surface area contributed by atoms with Crippen LogP contribution in [0.25, 0.3) is 0 Å². The van der Waals surface area contributed by atoms with Crippen LogP contribution in [0.5, 0.6) is 0 Å². The molecule has 6 nitrogen and oxygen atoms in total. The van der Waals surface area contributed by atoms with Crippen LogP contribution in [0.3, 0.4) is 0 Å². The summed E-state index contributed by atoms with van der Waals surface area (Å²) in [7, 11) is 0. The highest BCUT2D eigenvalue weighted by Gasteiger charge is 2.46. The lowest BCUT2D eigenvalue weighted by molar-refractivity contribution is -0.149. The van der Waals surface area contributed by atoms with Crippen molar-refractivity contribution in [1.29, 1.82) is 0 Å². The summed E-state index contributed by atoms with van der Waals surface area (Å²) in [6, 6.07) is 2.51. The van der Waals surface area contributed by atoms with Crippen LogP contribution in [-0.2, 0) is 14.9 Å². The predicted octanol–water partition coefficient (Wildman–Crippen LogP) is 2.98. The van der Waals surface area contributed by atoms with Gasteiger partial charge in [0.2, 0.25) is 5.92 Å². The number of carbonyl (C=O) groups excluding carboxylic acids is 2. The van der Waals surface area contributed by atoms with Crippen LogP contribution < -0.4 is 11.1 Å². The number of pyridine rings is 1. The van der Waals surface area contributed by atoms with E-state index >= 15 is 0 Å². The molecule has 162 valence electrons. The number of aromatic nitrogens is 1. The van der Waals surface area contributed by atoms with Crippen LogP contribution in [0.1, 0.15) is 61.5 Å². The highest BCUT2D eigenvalue weighted by atomic mass is 35.5. The van der Waals surface area contributed by atoms with E-state index in [1.54, 1.807) is 19.1 Å². The fourth-order valence-electron chi connectivity index (χ4n) is 3.99. The molecule has 2 aliphatic rings. The van der Waals surface area contributed by atoms with E-state index in [0.717, 1.165) is 25.0 Å². The fourth-order valence-corrected chi connectivity index (χ4v) is 3.99. The molecule has 3 N–H and O–H groups in total. The standard InChI is InChI=1S/C20H27F2N3O3.ClH/c1-2-28-18(27)15(8-13-9-20(21,22)10-13)25-17(26)14-4-5-16(24-11-14)19(12-23)6-3-7-19;/h4-5,11,13,15H,2-3,6-10,12,23H2,1H3,(H,25,26);1H. The monoisotopic (exact) mass is 431 g/mol. The number of nitrogens with one attached hydrogen (secondary N) is 1. The van der Waals surface area contributed by atoms with Crippen molar-refractivity contribution in [2.24, 2.45) is 11.7 Å². The minimum absolute atomic E-state index is 0. The average Bonchev–Trinajstić information content (AvgIpc) is 2.60. The summed E-state index contributed by atoms with van der Waals surface area (Å²) in [6.45, 7) is 2.33. The second-order valence-corrected chi connectivity index (χ2v) is 7.91. The zero-order valence-electron chi connectivity index (χ0n) is 16.5. The molecule has 1 atom stereocenters. The smallest absolute Gasteiger partial charge is 0.328 e. The van der Waals surface area contributed by atoms with Crippen molar-refractivity contribution in [3.8, 4) is 0 Å². The second kappa shape index (κ2) is 9.34. The van der Waals surface area contributed by atoms with Gasteiger partial charge in [-0.15, -0.1) is 12.4 Å². The lowest BCUT2D eigenvalue weighted by atomic mass is 9.66. The highest BCUT2D eigenvalue weighted by Crippen LogP contribution is 2.44. The van der Waals surface area contributed by atoms with Gasteiger partial charge in [-0.25, -0.2) is 13.6 Å². The van der Waals surface area contributed by atoms with E-state index in [1.165, 1.54) is 6.20 Å². The number of esters is 1. The molecule has 0 aromatic carbocycles. The SMILES string of the molecule is CCOC(=O)C(CC1CC(F)(F)C1)NC(=O)c1ccc(C2(CN)CCC2)nc1.Cl. The molecule has 0 radical (unpaired) electrons. The zero-order chi connectivity index (χ0) is 20.4. The largest absolute Gasteiger partial charge is 0.464 e. The number of rotatable bonds is 8. The number of carbonyl (C=O) groups is 2. The van der Waals surface area contributed by atoms with Crippen molar-refractivity contribution in [1.82, 2.24) is 10.3 Å². The molecule has 2 aliphatic carbocycles.